The van der Waals surface area contributed by atoms with Crippen molar-refractivity contribution < 1.29 is 4.42 Å². The molecule has 2 aromatic carbocycles. The number of thiazole rings is 1. The maximum atomic E-state index is 5.38. The van der Waals surface area contributed by atoms with Crippen LogP contribution in [0.5, 0.6) is 0 Å². The van der Waals surface area contributed by atoms with E-state index in [-0.39, 0.29) is 0 Å². The van der Waals surface area contributed by atoms with Gasteiger partial charge in [-0.25, -0.2) is 4.98 Å². The lowest BCUT2D eigenvalue weighted by molar-refractivity contribution is 0.616. The van der Waals surface area contributed by atoms with E-state index < -0.39 is 0 Å². The largest absolute Gasteiger partial charge is 0.464 e. The molecule has 0 spiro atoms. The van der Waals surface area contributed by atoms with Gasteiger partial charge in [0.15, 0.2) is 0 Å². The van der Waals surface area contributed by atoms with Crippen LogP contribution >= 0.6 is 11.3 Å². The molecular formula is C18H13N3OS. The van der Waals surface area contributed by atoms with Crippen molar-refractivity contribution in [1.29, 1.82) is 0 Å². The Morgan fingerprint density at radius 3 is 2.87 bits per heavy atom. The molecule has 5 heteroatoms. The highest BCUT2D eigenvalue weighted by Crippen LogP contribution is 2.24. The summed E-state index contributed by atoms with van der Waals surface area (Å²) >= 11 is 1.53. The van der Waals surface area contributed by atoms with Crippen LogP contribution in [-0.2, 0) is 0 Å². The Morgan fingerprint density at radius 1 is 1.04 bits per heavy atom. The van der Waals surface area contributed by atoms with Gasteiger partial charge in [-0.3, -0.25) is 5.43 Å². The van der Waals surface area contributed by atoms with Crippen LogP contribution in [0, 0.1) is 0 Å². The Hall–Kier alpha value is -2.92. The summed E-state index contributed by atoms with van der Waals surface area (Å²) in [4.78, 5) is 4.54. The SMILES string of the molecule is C(=NNc1nc(-c2ccccc2)cs1)c1cccc2occc12. The van der Waals surface area contributed by atoms with Gasteiger partial charge < -0.3 is 4.42 Å². The van der Waals surface area contributed by atoms with Crippen molar-refractivity contribution in [3.63, 3.8) is 0 Å². The van der Waals surface area contributed by atoms with Crippen LogP contribution < -0.4 is 5.43 Å². The van der Waals surface area contributed by atoms with E-state index in [1.807, 2.05) is 60.0 Å². The number of benzene rings is 2. The lowest BCUT2D eigenvalue weighted by atomic mass is 10.1. The molecule has 4 rings (SSSR count). The summed E-state index contributed by atoms with van der Waals surface area (Å²) in [5.41, 5.74) is 6.90. The Bertz CT molecular complexity index is 956. The fourth-order valence-corrected chi connectivity index (χ4v) is 3.02. The number of aromatic nitrogens is 1. The molecule has 1 N–H and O–H groups in total. The molecule has 0 aliphatic rings. The van der Waals surface area contributed by atoms with Crippen molar-refractivity contribution >= 4 is 33.7 Å². The maximum Gasteiger partial charge on any atom is 0.203 e. The predicted molar refractivity (Wildman–Crippen MR) is 95.0 cm³/mol. The Balaban J connectivity index is 1.51. The second-order valence-corrected chi connectivity index (χ2v) is 5.81. The molecule has 2 heterocycles. The average molecular weight is 319 g/mol. The average Bonchev–Trinajstić information content (AvgIpc) is 3.25. The fourth-order valence-electron chi connectivity index (χ4n) is 2.35. The molecule has 0 amide bonds. The first-order valence-corrected chi connectivity index (χ1v) is 8.04. The van der Waals surface area contributed by atoms with Gasteiger partial charge >= 0.3 is 0 Å². The molecule has 0 aliphatic carbocycles. The van der Waals surface area contributed by atoms with Gasteiger partial charge in [0.25, 0.3) is 0 Å². The number of hydrogen-bond donors (Lipinski definition) is 1. The van der Waals surface area contributed by atoms with Gasteiger partial charge in [-0.05, 0) is 12.1 Å². The summed E-state index contributed by atoms with van der Waals surface area (Å²) in [6.07, 6.45) is 3.46. The van der Waals surface area contributed by atoms with Crippen molar-refractivity contribution in [2.24, 2.45) is 5.10 Å². The zero-order valence-electron chi connectivity index (χ0n) is 12.1. The zero-order chi connectivity index (χ0) is 15.5. The van der Waals surface area contributed by atoms with Crippen LogP contribution in [0.4, 0.5) is 5.13 Å². The van der Waals surface area contributed by atoms with Crippen LogP contribution in [0.2, 0.25) is 0 Å². The first kappa shape index (κ1) is 13.7. The van der Waals surface area contributed by atoms with E-state index >= 15 is 0 Å². The molecule has 2 aromatic heterocycles. The highest BCUT2D eigenvalue weighted by molar-refractivity contribution is 7.14. The monoisotopic (exact) mass is 319 g/mol. The van der Waals surface area contributed by atoms with Crippen LogP contribution in [-0.4, -0.2) is 11.2 Å². The quantitative estimate of drug-likeness (QED) is 0.425. The minimum Gasteiger partial charge on any atom is -0.464 e. The minimum absolute atomic E-state index is 0.763. The molecular weight excluding hydrogens is 306 g/mol. The number of furan rings is 1. The number of rotatable bonds is 4. The topological polar surface area (TPSA) is 50.4 Å². The van der Waals surface area contributed by atoms with Gasteiger partial charge in [0.1, 0.15) is 5.58 Å². The molecule has 0 unspecified atom stereocenters. The number of hydrazone groups is 1. The second kappa shape index (κ2) is 6.06. The summed E-state index contributed by atoms with van der Waals surface area (Å²) in [5.74, 6) is 0. The van der Waals surface area contributed by atoms with E-state index in [1.165, 1.54) is 11.3 Å². The Kier molecular flexibility index (Phi) is 3.62. The number of nitrogens with zero attached hydrogens (tertiary/aromatic N) is 2. The third-order valence-corrected chi connectivity index (χ3v) is 4.21. The summed E-state index contributed by atoms with van der Waals surface area (Å²) < 4.78 is 5.38. The van der Waals surface area contributed by atoms with Crippen molar-refractivity contribution in [1.82, 2.24) is 4.98 Å². The molecule has 23 heavy (non-hydrogen) atoms. The molecule has 0 aliphatic heterocycles. The first-order chi connectivity index (χ1) is 11.4. The smallest absolute Gasteiger partial charge is 0.203 e. The number of hydrogen-bond acceptors (Lipinski definition) is 5. The third-order valence-electron chi connectivity index (χ3n) is 3.47. The van der Waals surface area contributed by atoms with Gasteiger partial charge in [-0.15, -0.1) is 11.3 Å². The number of fused-ring (bicyclic) bond motifs is 1. The lowest BCUT2D eigenvalue weighted by Crippen LogP contribution is -1.90. The number of anilines is 1. The van der Waals surface area contributed by atoms with E-state index in [9.17, 15) is 0 Å². The molecule has 0 atom stereocenters. The summed E-state index contributed by atoms with van der Waals surface area (Å²) in [6, 6.07) is 17.9. The minimum atomic E-state index is 0.763. The van der Waals surface area contributed by atoms with Gasteiger partial charge in [-0.1, -0.05) is 42.5 Å². The first-order valence-electron chi connectivity index (χ1n) is 7.16. The highest BCUT2D eigenvalue weighted by atomic mass is 32.1. The van der Waals surface area contributed by atoms with Crippen molar-refractivity contribution in [3.05, 3.63) is 71.8 Å². The molecule has 0 saturated heterocycles. The predicted octanol–water partition coefficient (Wildman–Crippen LogP) is 5.00. The van der Waals surface area contributed by atoms with Crippen LogP contribution in [0.1, 0.15) is 5.56 Å². The van der Waals surface area contributed by atoms with E-state index in [4.69, 9.17) is 4.42 Å². The fraction of sp³-hybridized carbons (Fsp3) is 0. The van der Waals surface area contributed by atoms with E-state index in [0.717, 1.165) is 32.9 Å². The van der Waals surface area contributed by atoms with Crippen LogP contribution in [0.3, 0.4) is 0 Å². The van der Waals surface area contributed by atoms with E-state index in [0.29, 0.717) is 0 Å². The van der Waals surface area contributed by atoms with Crippen LogP contribution in [0.15, 0.2) is 75.8 Å². The maximum absolute atomic E-state index is 5.38. The van der Waals surface area contributed by atoms with Gasteiger partial charge in [0, 0.05) is 21.9 Å². The van der Waals surface area contributed by atoms with Crippen molar-refractivity contribution in [2.45, 2.75) is 0 Å². The molecule has 0 radical (unpaired) electrons. The van der Waals surface area contributed by atoms with E-state index in [1.54, 1.807) is 12.5 Å². The summed E-state index contributed by atoms with van der Waals surface area (Å²) in [7, 11) is 0. The van der Waals surface area contributed by atoms with Gasteiger partial charge in [0.05, 0.1) is 18.2 Å². The second-order valence-electron chi connectivity index (χ2n) is 4.95. The molecule has 0 bridgehead atoms. The molecule has 4 nitrogen and oxygen atoms in total. The third kappa shape index (κ3) is 2.86. The molecule has 0 saturated carbocycles. The Morgan fingerprint density at radius 2 is 1.96 bits per heavy atom. The summed E-state index contributed by atoms with van der Waals surface area (Å²) in [5, 5.41) is 8.10. The van der Waals surface area contributed by atoms with Crippen molar-refractivity contribution in [3.8, 4) is 11.3 Å². The molecule has 112 valence electrons. The molecule has 4 aromatic rings. The summed E-state index contributed by atoms with van der Waals surface area (Å²) in [6.45, 7) is 0. The normalized spacial score (nSPS) is 11.3. The lowest BCUT2D eigenvalue weighted by Gasteiger charge is -1.96. The standard InChI is InChI=1S/C18H13N3OS/c1-2-5-13(6-3-1)16-12-23-18(20-16)21-19-11-14-7-4-8-17-15(14)9-10-22-17/h1-12H,(H,20,21). The number of nitrogens with one attached hydrogen (secondary N) is 1. The van der Waals surface area contributed by atoms with E-state index in [2.05, 4.69) is 15.5 Å². The molecule has 0 fully saturated rings. The van der Waals surface area contributed by atoms with Crippen LogP contribution in [0.25, 0.3) is 22.2 Å². The zero-order valence-corrected chi connectivity index (χ0v) is 13.0. The van der Waals surface area contributed by atoms with Gasteiger partial charge in [0.2, 0.25) is 5.13 Å². The highest BCUT2D eigenvalue weighted by Gasteiger charge is 2.03. The Labute approximate surface area is 137 Å². The van der Waals surface area contributed by atoms with Gasteiger partial charge in [-0.2, -0.15) is 5.10 Å². The van der Waals surface area contributed by atoms with Crippen molar-refractivity contribution in [2.75, 3.05) is 5.43 Å².